The lowest BCUT2D eigenvalue weighted by molar-refractivity contribution is -0.111. The summed E-state index contributed by atoms with van der Waals surface area (Å²) in [5.74, 6) is 0.456. The lowest BCUT2D eigenvalue weighted by Crippen LogP contribution is -2.13. The highest BCUT2D eigenvalue weighted by Crippen LogP contribution is 2.18. The molecule has 7 heteroatoms. The van der Waals surface area contributed by atoms with Gasteiger partial charge in [0.2, 0.25) is 5.91 Å². The molecule has 0 aliphatic carbocycles. The summed E-state index contributed by atoms with van der Waals surface area (Å²) in [6.07, 6.45) is 3.10. The highest BCUT2D eigenvalue weighted by molar-refractivity contribution is 7.92. The Morgan fingerprint density at radius 1 is 0.900 bits per heavy atom. The van der Waals surface area contributed by atoms with Gasteiger partial charge >= 0.3 is 0 Å². The number of nitrogens with one attached hydrogen (secondary N) is 2. The third-order valence-corrected chi connectivity index (χ3v) is 5.47. The molecule has 154 valence electrons. The van der Waals surface area contributed by atoms with Gasteiger partial charge in [-0.1, -0.05) is 30.3 Å². The monoisotopic (exact) mass is 422 g/mol. The Morgan fingerprint density at radius 3 is 2.20 bits per heavy atom. The summed E-state index contributed by atoms with van der Waals surface area (Å²) < 4.78 is 32.8. The van der Waals surface area contributed by atoms with E-state index in [9.17, 15) is 13.2 Å². The normalized spacial score (nSPS) is 11.2. The van der Waals surface area contributed by atoms with Crippen LogP contribution in [-0.4, -0.2) is 20.9 Å². The van der Waals surface area contributed by atoms with Crippen molar-refractivity contribution in [3.63, 3.8) is 0 Å². The van der Waals surface area contributed by atoms with Gasteiger partial charge in [-0.2, -0.15) is 0 Å². The van der Waals surface area contributed by atoms with Crippen molar-refractivity contribution in [3.8, 4) is 5.75 Å². The van der Waals surface area contributed by atoms with Gasteiger partial charge in [0.05, 0.1) is 11.5 Å². The number of ether oxygens (including phenoxy) is 1. The number of amides is 1. The van der Waals surface area contributed by atoms with E-state index in [0.717, 1.165) is 11.3 Å². The Labute approximate surface area is 176 Å². The number of benzene rings is 3. The first-order chi connectivity index (χ1) is 14.5. The van der Waals surface area contributed by atoms with Crippen molar-refractivity contribution in [1.29, 1.82) is 0 Å². The summed E-state index contributed by atoms with van der Waals surface area (Å²) in [7, 11) is -3.70. The third kappa shape index (κ3) is 5.96. The quantitative estimate of drug-likeness (QED) is 0.522. The van der Waals surface area contributed by atoms with Crippen molar-refractivity contribution >= 4 is 33.4 Å². The molecule has 2 N–H and O–H groups in total. The van der Waals surface area contributed by atoms with Crippen molar-refractivity contribution in [2.45, 2.75) is 11.8 Å². The number of sulfonamides is 1. The molecule has 0 aliphatic heterocycles. The predicted molar refractivity (Wildman–Crippen MR) is 119 cm³/mol. The van der Waals surface area contributed by atoms with Crippen LogP contribution in [0.3, 0.4) is 0 Å². The minimum absolute atomic E-state index is 0.106. The Hall–Kier alpha value is -3.58. The first kappa shape index (κ1) is 21.1. The molecule has 3 aromatic rings. The second-order valence-electron chi connectivity index (χ2n) is 6.32. The maximum atomic E-state index is 12.4. The molecule has 1 amide bonds. The Balaban J connectivity index is 1.60. The molecule has 3 aromatic carbocycles. The molecule has 0 saturated heterocycles. The van der Waals surface area contributed by atoms with E-state index in [0.29, 0.717) is 18.0 Å². The van der Waals surface area contributed by atoms with Gasteiger partial charge in [0.15, 0.2) is 0 Å². The zero-order chi connectivity index (χ0) is 21.4. The van der Waals surface area contributed by atoms with Crippen LogP contribution >= 0.6 is 0 Å². The first-order valence-corrected chi connectivity index (χ1v) is 10.8. The topological polar surface area (TPSA) is 84.5 Å². The van der Waals surface area contributed by atoms with E-state index in [1.54, 1.807) is 48.5 Å². The van der Waals surface area contributed by atoms with E-state index in [-0.39, 0.29) is 10.8 Å². The van der Waals surface area contributed by atoms with Gasteiger partial charge in [0.25, 0.3) is 10.0 Å². The molecule has 0 atom stereocenters. The van der Waals surface area contributed by atoms with Crippen LogP contribution in [0.1, 0.15) is 12.5 Å². The Morgan fingerprint density at radius 2 is 1.57 bits per heavy atom. The van der Waals surface area contributed by atoms with E-state index in [2.05, 4.69) is 10.0 Å². The summed E-state index contributed by atoms with van der Waals surface area (Å²) in [6, 6.07) is 22.0. The molecule has 0 bridgehead atoms. The lowest BCUT2D eigenvalue weighted by atomic mass is 10.2. The van der Waals surface area contributed by atoms with Gasteiger partial charge in [0, 0.05) is 17.5 Å². The molecule has 0 fully saturated rings. The molecule has 0 spiro atoms. The van der Waals surface area contributed by atoms with Gasteiger partial charge in [-0.15, -0.1) is 0 Å². The van der Waals surface area contributed by atoms with Crippen molar-refractivity contribution in [3.05, 3.63) is 90.5 Å². The second-order valence-corrected chi connectivity index (χ2v) is 8.00. The smallest absolute Gasteiger partial charge is 0.261 e. The van der Waals surface area contributed by atoms with Crippen LogP contribution in [0.2, 0.25) is 0 Å². The molecule has 0 aromatic heterocycles. The first-order valence-electron chi connectivity index (χ1n) is 9.36. The molecular formula is C23H22N2O4S. The highest BCUT2D eigenvalue weighted by Gasteiger charge is 2.14. The zero-order valence-corrected chi connectivity index (χ0v) is 17.2. The molecule has 0 saturated carbocycles. The fourth-order valence-corrected chi connectivity index (χ4v) is 3.69. The van der Waals surface area contributed by atoms with Crippen molar-refractivity contribution in [2.24, 2.45) is 0 Å². The van der Waals surface area contributed by atoms with Gasteiger partial charge in [-0.05, 0) is 67.1 Å². The molecule has 0 aliphatic rings. The predicted octanol–water partition coefficient (Wildman–Crippen LogP) is 4.54. The number of carbonyl (C=O) groups is 1. The molecule has 3 rings (SSSR count). The summed E-state index contributed by atoms with van der Waals surface area (Å²) in [5.41, 5.74) is 1.84. The third-order valence-electron chi connectivity index (χ3n) is 4.08. The molecule has 6 nitrogen and oxygen atoms in total. The summed E-state index contributed by atoms with van der Waals surface area (Å²) in [4.78, 5) is 12.2. The zero-order valence-electron chi connectivity index (χ0n) is 16.4. The van der Waals surface area contributed by atoms with Crippen LogP contribution in [-0.2, 0) is 14.8 Å². The van der Waals surface area contributed by atoms with Crippen LogP contribution < -0.4 is 14.8 Å². The second kappa shape index (κ2) is 9.76. The van der Waals surface area contributed by atoms with Crippen molar-refractivity contribution in [2.75, 3.05) is 16.6 Å². The summed E-state index contributed by atoms with van der Waals surface area (Å²) >= 11 is 0. The van der Waals surface area contributed by atoms with Crippen molar-refractivity contribution in [1.82, 2.24) is 0 Å². The van der Waals surface area contributed by atoms with E-state index in [1.807, 2.05) is 31.2 Å². The van der Waals surface area contributed by atoms with Crippen LogP contribution in [0.5, 0.6) is 5.75 Å². The number of anilines is 2. The lowest BCUT2D eigenvalue weighted by Gasteiger charge is -2.09. The Kier molecular flexibility index (Phi) is 6.87. The van der Waals surface area contributed by atoms with E-state index >= 15 is 0 Å². The maximum Gasteiger partial charge on any atom is 0.261 e. The molecule has 0 radical (unpaired) electrons. The number of carbonyl (C=O) groups excluding carboxylic acids is 1. The maximum absolute atomic E-state index is 12.4. The van der Waals surface area contributed by atoms with Gasteiger partial charge in [0.1, 0.15) is 5.75 Å². The molecule has 30 heavy (non-hydrogen) atoms. The highest BCUT2D eigenvalue weighted by atomic mass is 32.2. The van der Waals surface area contributed by atoms with Crippen LogP contribution in [0.15, 0.2) is 89.8 Å². The SMILES string of the molecule is CCOc1ccc(/C=C/C(=O)Nc2ccc(S(=O)(=O)Nc3ccccc3)cc2)cc1. The van der Waals surface area contributed by atoms with Gasteiger partial charge < -0.3 is 10.1 Å². The average Bonchev–Trinajstić information content (AvgIpc) is 2.74. The summed E-state index contributed by atoms with van der Waals surface area (Å²) in [5, 5.41) is 2.71. The minimum Gasteiger partial charge on any atom is -0.494 e. The molecule has 0 unspecified atom stereocenters. The van der Waals surface area contributed by atoms with Crippen LogP contribution in [0.4, 0.5) is 11.4 Å². The molecule has 0 heterocycles. The fourth-order valence-electron chi connectivity index (χ4n) is 2.64. The minimum atomic E-state index is -3.70. The largest absolute Gasteiger partial charge is 0.494 e. The van der Waals surface area contributed by atoms with Crippen LogP contribution in [0.25, 0.3) is 6.08 Å². The van der Waals surface area contributed by atoms with Gasteiger partial charge in [-0.25, -0.2) is 8.42 Å². The van der Waals surface area contributed by atoms with Gasteiger partial charge in [-0.3, -0.25) is 9.52 Å². The van der Waals surface area contributed by atoms with Crippen molar-refractivity contribution < 1.29 is 17.9 Å². The average molecular weight is 423 g/mol. The molecular weight excluding hydrogens is 400 g/mol. The standard InChI is InChI=1S/C23H22N2O4S/c1-2-29-21-13-8-18(9-14-21)10-17-23(26)24-19-11-15-22(16-12-19)30(27,28)25-20-6-4-3-5-7-20/h3-17,25H,2H2,1H3,(H,24,26)/b17-10+. The van der Waals surface area contributed by atoms with Crippen LogP contribution in [0, 0.1) is 0 Å². The Bertz CT molecular complexity index is 1110. The van der Waals surface area contributed by atoms with E-state index in [4.69, 9.17) is 4.74 Å². The fraction of sp³-hybridized carbons (Fsp3) is 0.0870. The van der Waals surface area contributed by atoms with E-state index < -0.39 is 10.0 Å². The van der Waals surface area contributed by atoms with E-state index in [1.165, 1.54) is 18.2 Å². The number of para-hydroxylation sites is 1. The number of rotatable bonds is 8. The summed E-state index contributed by atoms with van der Waals surface area (Å²) in [6.45, 7) is 2.51. The number of hydrogen-bond acceptors (Lipinski definition) is 4. The number of hydrogen-bond donors (Lipinski definition) is 2.